The van der Waals surface area contributed by atoms with E-state index < -0.39 is 28.0 Å². The van der Waals surface area contributed by atoms with Crippen molar-refractivity contribution in [3.8, 4) is 0 Å². The number of Topliss-reactive ketones (excluding diaryl/α,β-unsaturated/α-hetero) is 1. The summed E-state index contributed by atoms with van der Waals surface area (Å²) < 4.78 is 28.0. The Morgan fingerprint density at radius 1 is 1.27 bits per heavy atom. The SMILES string of the molecule is CCCS(=O)(=O)N1CCC[C@H](NC(=O)C(CC(C)C)NC(=O)c2cc3sccc3s2)C(=O)C1. The standard InChI is InChI=1S/C22H31N3O5S3/c1-4-10-33(29,30)25-8-5-6-15(17(26)13-25)23-21(27)16(11-14(2)3)24-22(28)20-12-19-18(32-20)7-9-31-19/h7,9,12,14-16H,4-6,8,10-11,13H2,1-3H3,(H,23,27)(H,24,28)/t15-,16?/m0/s1. The highest BCUT2D eigenvalue weighted by Gasteiger charge is 2.33. The third-order valence-corrected chi connectivity index (χ3v) is 9.60. The summed E-state index contributed by atoms with van der Waals surface area (Å²) in [7, 11) is -3.48. The second kappa shape index (κ2) is 11.1. The molecule has 11 heteroatoms. The van der Waals surface area contributed by atoms with Gasteiger partial charge in [-0.3, -0.25) is 14.4 Å². The number of thiophene rings is 2. The number of nitrogens with zero attached hydrogens (tertiary/aromatic N) is 1. The van der Waals surface area contributed by atoms with Crippen molar-refractivity contribution in [2.75, 3.05) is 18.8 Å². The van der Waals surface area contributed by atoms with Gasteiger partial charge in [0.1, 0.15) is 6.04 Å². The highest BCUT2D eigenvalue weighted by atomic mass is 32.2. The molecule has 0 aliphatic carbocycles. The Hall–Kier alpha value is -1.82. The minimum Gasteiger partial charge on any atom is -0.344 e. The minimum atomic E-state index is -3.48. The normalized spacial score (nSPS) is 18.9. The number of hydrogen-bond acceptors (Lipinski definition) is 7. The number of sulfonamides is 1. The van der Waals surface area contributed by atoms with Gasteiger partial charge < -0.3 is 10.6 Å². The van der Waals surface area contributed by atoms with E-state index in [-0.39, 0.29) is 36.5 Å². The summed E-state index contributed by atoms with van der Waals surface area (Å²) in [6, 6.07) is 2.23. The number of carbonyl (C=O) groups is 3. The van der Waals surface area contributed by atoms with Gasteiger partial charge in [-0.15, -0.1) is 22.7 Å². The van der Waals surface area contributed by atoms with Crippen molar-refractivity contribution in [3.05, 3.63) is 22.4 Å². The maximum Gasteiger partial charge on any atom is 0.262 e. The molecule has 0 bridgehead atoms. The fraction of sp³-hybridized carbons (Fsp3) is 0.591. The highest BCUT2D eigenvalue weighted by Crippen LogP contribution is 2.30. The Labute approximate surface area is 202 Å². The average molecular weight is 514 g/mol. The van der Waals surface area contributed by atoms with Crippen molar-refractivity contribution in [1.29, 1.82) is 0 Å². The number of fused-ring (bicyclic) bond motifs is 1. The van der Waals surface area contributed by atoms with Crippen molar-refractivity contribution in [3.63, 3.8) is 0 Å². The Morgan fingerprint density at radius 3 is 2.70 bits per heavy atom. The molecule has 182 valence electrons. The van der Waals surface area contributed by atoms with Gasteiger partial charge in [-0.25, -0.2) is 8.42 Å². The fourth-order valence-corrected chi connectivity index (χ4v) is 7.37. The molecule has 2 N–H and O–H groups in total. The maximum absolute atomic E-state index is 13.1. The van der Waals surface area contributed by atoms with Crippen LogP contribution >= 0.6 is 22.7 Å². The molecule has 0 spiro atoms. The molecule has 0 saturated carbocycles. The van der Waals surface area contributed by atoms with E-state index in [1.54, 1.807) is 18.3 Å². The van der Waals surface area contributed by atoms with Crippen LogP contribution in [0.1, 0.15) is 56.1 Å². The molecule has 0 radical (unpaired) electrons. The smallest absolute Gasteiger partial charge is 0.262 e. The molecule has 2 amide bonds. The van der Waals surface area contributed by atoms with Crippen LogP contribution in [0.3, 0.4) is 0 Å². The molecule has 0 aromatic carbocycles. The van der Waals surface area contributed by atoms with Crippen molar-refractivity contribution < 1.29 is 22.8 Å². The van der Waals surface area contributed by atoms with Gasteiger partial charge >= 0.3 is 0 Å². The van der Waals surface area contributed by atoms with E-state index >= 15 is 0 Å². The quantitative estimate of drug-likeness (QED) is 0.535. The van der Waals surface area contributed by atoms with Crippen LogP contribution in [0, 0.1) is 5.92 Å². The highest BCUT2D eigenvalue weighted by molar-refractivity contribution is 7.89. The van der Waals surface area contributed by atoms with E-state index in [2.05, 4.69) is 10.6 Å². The molecule has 1 aliphatic rings. The van der Waals surface area contributed by atoms with E-state index in [1.807, 2.05) is 31.4 Å². The van der Waals surface area contributed by atoms with Gasteiger partial charge in [-0.05, 0) is 49.1 Å². The molecular formula is C22H31N3O5S3. The summed E-state index contributed by atoms with van der Waals surface area (Å²) in [5.41, 5.74) is 0. The van der Waals surface area contributed by atoms with Crippen LogP contribution in [0.4, 0.5) is 0 Å². The van der Waals surface area contributed by atoms with Gasteiger partial charge in [0.05, 0.1) is 23.2 Å². The zero-order chi connectivity index (χ0) is 24.2. The van der Waals surface area contributed by atoms with E-state index in [0.29, 0.717) is 30.6 Å². The van der Waals surface area contributed by atoms with Gasteiger partial charge in [0.2, 0.25) is 15.9 Å². The van der Waals surface area contributed by atoms with Crippen molar-refractivity contribution in [2.24, 2.45) is 5.92 Å². The van der Waals surface area contributed by atoms with E-state index in [9.17, 15) is 22.8 Å². The largest absolute Gasteiger partial charge is 0.344 e. The summed E-state index contributed by atoms with van der Waals surface area (Å²) >= 11 is 2.94. The van der Waals surface area contributed by atoms with Crippen molar-refractivity contribution >= 4 is 59.7 Å². The molecule has 1 saturated heterocycles. The van der Waals surface area contributed by atoms with E-state index in [0.717, 1.165) is 9.40 Å². The third kappa shape index (κ3) is 6.62. The second-order valence-electron chi connectivity index (χ2n) is 8.73. The number of carbonyl (C=O) groups excluding carboxylic acids is 3. The van der Waals surface area contributed by atoms with Crippen LogP contribution in [-0.4, -0.2) is 61.2 Å². The maximum atomic E-state index is 13.1. The number of nitrogens with one attached hydrogen (secondary N) is 2. The summed E-state index contributed by atoms with van der Waals surface area (Å²) in [4.78, 5) is 39.2. The first-order chi connectivity index (χ1) is 15.6. The lowest BCUT2D eigenvalue weighted by atomic mass is 10.0. The molecule has 1 fully saturated rings. The molecule has 8 nitrogen and oxygen atoms in total. The first-order valence-corrected chi connectivity index (χ1v) is 14.5. The summed E-state index contributed by atoms with van der Waals surface area (Å²) in [5, 5.41) is 7.58. The Bertz CT molecular complexity index is 1080. The molecule has 1 aliphatic heterocycles. The molecule has 1 unspecified atom stereocenters. The monoisotopic (exact) mass is 513 g/mol. The second-order valence-corrected chi connectivity index (χ2v) is 12.9. The van der Waals surface area contributed by atoms with Crippen LogP contribution in [0.5, 0.6) is 0 Å². The van der Waals surface area contributed by atoms with Crippen LogP contribution in [0.2, 0.25) is 0 Å². The van der Waals surface area contributed by atoms with Gasteiger partial charge in [0.15, 0.2) is 5.78 Å². The Morgan fingerprint density at radius 2 is 2.03 bits per heavy atom. The van der Waals surface area contributed by atoms with Crippen molar-refractivity contribution in [1.82, 2.24) is 14.9 Å². The Balaban J connectivity index is 1.67. The molecule has 2 atom stereocenters. The first-order valence-electron chi connectivity index (χ1n) is 11.2. The van der Waals surface area contributed by atoms with E-state index in [1.165, 1.54) is 15.6 Å². The van der Waals surface area contributed by atoms with Gasteiger partial charge in [0, 0.05) is 15.9 Å². The van der Waals surface area contributed by atoms with Crippen LogP contribution in [-0.2, 0) is 19.6 Å². The predicted octanol–water partition coefficient (Wildman–Crippen LogP) is 3.00. The zero-order valence-electron chi connectivity index (χ0n) is 19.1. The zero-order valence-corrected chi connectivity index (χ0v) is 21.6. The summed E-state index contributed by atoms with van der Waals surface area (Å²) in [6.07, 6.45) is 1.75. The lowest BCUT2D eigenvalue weighted by molar-refractivity contribution is -0.129. The molecule has 3 rings (SSSR count). The van der Waals surface area contributed by atoms with Crippen LogP contribution in [0.15, 0.2) is 17.5 Å². The fourth-order valence-electron chi connectivity index (χ4n) is 3.86. The third-order valence-electron chi connectivity index (χ3n) is 5.49. The molecule has 2 aromatic rings. The van der Waals surface area contributed by atoms with Crippen LogP contribution < -0.4 is 10.6 Å². The lowest BCUT2D eigenvalue weighted by Gasteiger charge is -2.23. The van der Waals surface area contributed by atoms with Gasteiger partial charge in [-0.1, -0.05) is 20.8 Å². The number of hydrogen-bond donors (Lipinski definition) is 2. The molecule has 2 aromatic heterocycles. The summed E-state index contributed by atoms with van der Waals surface area (Å²) in [6.45, 7) is 5.73. The topological polar surface area (TPSA) is 113 Å². The number of ketones is 1. The molecular weight excluding hydrogens is 482 g/mol. The van der Waals surface area contributed by atoms with Gasteiger partial charge in [0.25, 0.3) is 5.91 Å². The minimum absolute atomic E-state index is 0.000244. The molecule has 3 heterocycles. The summed E-state index contributed by atoms with van der Waals surface area (Å²) in [5.74, 6) is -0.909. The van der Waals surface area contributed by atoms with Gasteiger partial charge in [-0.2, -0.15) is 4.31 Å². The Kier molecular flexibility index (Phi) is 8.65. The predicted molar refractivity (Wildman–Crippen MR) is 132 cm³/mol. The lowest BCUT2D eigenvalue weighted by Crippen LogP contribution is -2.52. The van der Waals surface area contributed by atoms with Crippen LogP contribution in [0.25, 0.3) is 9.40 Å². The number of amides is 2. The molecule has 33 heavy (non-hydrogen) atoms. The first kappa shape index (κ1) is 25.8. The van der Waals surface area contributed by atoms with Crippen molar-refractivity contribution in [2.45, 2.75) is 58.5 Å². The average Bonchev–Trinajstić information content (AvgIpc) is 3.28. The number of rotatable bonds is 9. The van der Waals surface area contributed by atoms with E-state index in [4.69, 9.17) is 0 Å².